The highest BCUT2D eigenvalue weighted by atomic mass is 16.5. The van der Waals surface area contributed by atoms with Gasteiger partial charge in [0, 0.05) is 57.6 Å². The van der Waals surface area contributed by atoms with E-state index in [0.717, 1.165) is 44.0 Å². The highest BCUT2D eigenvalue weighted by Crippen LogP contribution is 2.23. The molecule has 2 aliphatic heterocycles. The topological polar surface area (TPSA) is 79.4 Å². The van der Waals surface area contributed by atoms with Crippen molar-refractivity contribution < 1.29 is 14.8 Å². The molecule has 8 heteroatoms. The van der Waals surface area contributed by atoms with E-state index in [4.69, 9.17) is 5.21 Å². The number of carbonyl (C=O) groups is 2. The van der Waals surface area contributed by atoms with Crippen molar-refractivity contribution >= 4 is 23.6 Å². The fourth-order valence-corrected chi connectivity index (χ4v) is 3.77. The van der Waals surface area contributed by atoms with Crippen LogP contribution in [-0.2, 0) is 9.59 Å². The Labute approximate surface area is 165 Å². The molecule has 2 heterocycles. The predicted molar refractivity (Wildman–Crippen MR) is 108 cm³/mol. The molecule has 2 aliphatic rings. The molecule has 0 spiro atoms. The zero-order valence-corrected chi connectivity index (χ0v) is 16.5. The molecule has 2 fully saturated rings. The van der Waals surface area contributed by atoms with Gasteiger partial charge in [-0.05, 0) is 31.8 Å². The lowest BCUT2D eigenvalue weighted by molar-refractivity contribution is -0.138. The number of nitrogens with one attached hydrogen (secondary N) is 1. The molecule has 0 bridgehead atoms. The van der Waals surface area contributed by atoms with Crippen LogP contribution >= 0.6 is 0 Å². The molecule has 2 saturated heterocycles. The monoisotopic (exact) mass is 387 g/mol. The molecule has 1 unspecified atom stereocenters. The largest absolute Gasteiger partial charge is 0.367 e. The van der Waals surface area contributed by atoms with Gasteiger partial charge in [-0.3, -0.25) is 19.7 Å². The molecule has 1 aromatic rings. The van der Waals surface area contributed by atoms with E-state index in [2.05, 4.69) is 21.7 Å². The fraction of sp³-hybridized carbons (Fsp3) is 0.500. The molecular weight excluding hydrogens is 358 g/mol. The Morgan fingerprint density at radius 1 is 1.07 bits per heavy atom. The maximum atomic E-state index is 13.0. The van der Waals surface area contributed by atoms with Crippen molar-refractivity contribution in [3.63, 3.8) is 0 Å². The Kier molecular flexibility index (Phi) is 6.66. The van der Waals surface area contributed by atoms with Gasteiger partial charge < -0.3 is 14.7 Å². The second-order valence-electron chi connectivity index (χ2n) is 7.44. The van der Waals surface area contributed by atoms with Gasteiger partial charge in [0.25, 0.3) is 5.91 Å². The average molecular weight is 387 g/mol. The van der Waals surface area contributed by atoms with Crippen molar-refractivity contribution in [1.82, 2.24) is 20.2 Å². The zero-order chi connectivity index (χ0) is 20.1. The molecule has 1 aromatic carbocycles. The van der Waals surface area contributed by atoms with Crippen LogP contribution < -0.4 is 10.4 Å². The number of rotatable bonds is 4. The first-order chi connectivity index (χ1) is 13.5. The van der Waals surface area contributed by atoms with Crippen molar-refractivity contribution in [3.8, 4) is 0 Å². The number of amides is 2. The molecule has 2 N–H and O–H groups in total. The Morgan fingerprint density at radius 3 is 2.50 bits per heavy atom. The first-order valence-corrected chi connectivity index (χ1v) is 9.63. The van der Waals surface area contributed by atoms with Gasteiger partial charge in [0.1, 0.15) is 6.04 Å². The average Bonchev–Trinajstić information content (AvgIpc) is 2.73. The van der Waals surface area contributed by atoms with Crippen LogP contribution in [0.3, 0.4) is 0 Å². The molecule has 2 amide bonds. The Hall–Kier alpha value is -2.42. The summed E-state index contributed by atoms with van der Waals surface area (Å²) in [6, 6.07) is 7.74. The summed E-state index contributed by atoms with van der Waals surface area (Å²) < 4.78 is 0. The van der Waals surface area contributed by atoms with Crippen molar-refractivity contribution in [2.45, 2.75) is 6.04 Å². The minimum absolute atomic E-state index is 0.0717. The molecule has 8 nitrogen and oxygen atoms in total. The summed E-state index contributed by atoms with van der Waals surface area (Å²) in [6.07, 6.45) is 2.99. The highest BCUT2D eigenvalue weighted by molar-refractivity contribution is 5.92. The number of carbonyl (C=O) groups excluding carboxylic acids is 2. The number of hydrogen-bond acceptors (Lipinski definition) is 6. The van der Waals surface area contributed by atoms with Gasteiger partial charge in [0.2, 0.25) is 5.91 Å². The lowest BCUT2D eigenvalue weighted by Gasteiger charge is -2.42. The number of anilines is 1. The number of hydrogen-bond donors (Lipinski definition) is 2. The Balaban J connectivity index is 1.63. The van der Waals surface area contributed by atoms with Crippen LogP contribution in [0.25, 0.3) is 6.08 Å². The molecule has 152 valence electrons. The van der Waals surface area contributed by atoms with Crippen molar-refractivity contribution in [2.24, 2.45) is 0 Å². The normalized spacial score (nSPS) is 21.9. The fourth-order valence-electron chi connectivity index (χ4n) is 3.77. The Bertz CT molecular complexity index is 730. The molecule has 3 rings (SSSR count). The maximum absolute atomic E-state index is 13.0. The number of benzene rings is 1. The number of piperazine rings is 2. The van der Waals surface area contributed by atoms with Crippen LogP contribution in [0.15, 0.2) is 30.3 Å². The third-order valence-electron chi connectivity index (χ3n) is 5.53. The molecular formula is C20H29N5O3. The quantitative estimate of drug-likeness (QED) is 0.433. The van der Waals surface area contributed by atoms with E-state index in [-0.39, 0.29) is 11.9 Å². The molecule has 0 saturated carbocycles. The van der Waals surface area contributed by atoms with Gasteiger partial charge in [-0.25, -0.2) is 5.48 Å². The first-order valence-electron chi connectivity index (χ1n) is 9.63. The van der Waals surface area contributed by atoms with E-state index in [1.807, 2.05) is 36.2 Å². The van der Waals surface area contributed by atoms with E-state index in [9.17, 15) is 9.59 Å². The van der Waals surface area contributed by atoms with Gasteiger partial charge >= 0.3 is 0 Å². The smallest absolute Gasteiger partial charge is 0.267 e. The maximum Gasteiger partial charge on any atom is 0.267 e. The van der Waals surface area contributed by atoms with E-state index in [1.54, 1.807) is 11.6 Å². The van der Waals surface area contributed by atoms with E-state index in [1.165, 1.54) is 6.08 Å². The number of hydroxylamine groups is 1. The van der Waals surface area contributed by atoms with E-state index < -0.39 is 5.91 Å². The second-order valence-corrected chi connectivity index (χ2v) is 7.44. The van der Waals surface area contributed by atoms with Crippen LogP contribution in [0.4, 0.5) is 5.69 Å². The number of nitrogens with zero attached hydrogens (tertiary/aromatic N) is 4. The molecule has 0 radical (unpaired) electrons. The summed E-state index contributed by atoms with van der Waals surface area (Å²) in [5, 5.41) is 8.65. The summed E-state index contributed by atoms with van der Waals surface area (Å²) in [7, 11) is 4.09. The zero-order valence-electron chi connectivity index (χ0n) is 16.5. The number of likely N-dealkylation sites (N-methyl/N-ethyl adjacent to an activating group) is 2. The predicted octanol–water partition coefficient (Wildman–Crippen LogP) is 0.0996. The standard InChI is InChI=1S/C20H29N5O3/c1-22-9-10-23(2)18(15-22)20(27)25-13-11-24(12-14-25)17-6-4-3-5-16(17)7-8-19(26)21-28/h3-8,18,28H,9-15H2,1-2H3,(H,21,26). The second kappa shape index (κ2) is 9.18. The summed E-state index contributed by atoms with van der Waals surface area (Å²) >= 11 is 0. The van der Waals surface area contributed by atoms with Gasteiger partial charge in [-0.1, -0.05) is 18.2 Å². The van der Waals surface area contributed by atoms with E-state index in [0.29, 0.717) is 13.1 Å². The van der Waals surface area contributed by atoms with Crippen LogP contribution in [0.1, 0.15) is 5.56 Å². The van der Waals surface area contributed by atoms with Crippen LogP contribution in [0.2, 0.25) is 0 Å². The van der Waals surface area contributed by atoms with Crippen LogP contribution in [0.5, 0.6) is 0 Å². The summed E-state index contributed by atoms with van der Waals surface area (Å²) in [4.78, 5) is 32.8. The van der Waals surface area contributed by atoms with Crippen molar-refractivity contribution in [1.29, 1.82) is 0 Å². The van der Waals surface area contributed by atoms with E-state index >= 15 is 0 Å². The summed E-state index contributed by atoms with van der Waals surface area (Å²) in [5.41, 5.74) is 3.52. The minimum Gasteiger partial charge on any atom is -0.367 e. The lowest BCUT2D eigenvalue weighted by atomic mass is 10.1. The highest BCUT2D eigenvalue weighted by Gasteiger charge is 2.33. The minimum atomic E-state index is -0.563. The molecule has 0 aromatic heterocycles. The van der Waals surface area contributed by atoms with Crippen molar-refractivity contribution in [2.75, 3.05) is 64.8 Å². The third kappa shape index (κ3) is 4.70. The lowest BCUT2D eigenvalue weighted by Crippen LogP contribution is -2.60. The van der Waals surface area contributed by atoms with Gasteiger partial charge in [-0.15, -0.1) is 0 Å². The van der Waals surface area contributed by atoms with Gasteiger partial charge in [-0.2, -0.15) is 0 Å². The van der Waals surface area contributed by atoms with Crippen molar-refractivity contribution in [3.05, 3.63) is 35.9 Å². The van der Waals surface area contributed by atoms with Gasteiger partial charge in [0.15, 0.2) is 0 Å². The summed E-state index contributed by atoms with van der Waals surface area (Å²) in [6.45, 7) is 5.53. The Morgan fingerprint density at radius 2 is 1.79 bits per heavy atom. The SMILES string of the molecule is CN1CCN(C)C(C(=O)N2CCN(c3ccccc3C=CC(=O)NO)CC2)C1. The summed E-state index contributed by atoms with van der Waals surface area (Å²) in [5.74, 6) is -0.353. The van der Waals surface area contributed by atoms with Crippen LogP contribution in [-0.4, -0.2) is 97.7 Å². The first kappa shape index (κ1) is 20.3. The third-order valence-corrected chi connectivity index (χ3v) is 5.53. The molecule has 0 aliphatic carbocycles. The molecule has 1 atom stereocenters. The number of para-hydroxylation sites is 1. The molecule has 28 heavy (non-hydrogen) atoms. The van der Waals surface area contributed by atoms with Gasteiger partial charge in [0.05, 0.1) is 0 Å². The van der Waals surface area contributed by atoms with Crippen LogP contribution in [0, 0.1) is 0 Å².